The Kier molecular flexibility index (Phi) is 4.10. The highest BCUT2D eigenvalue weighted by atomic mass is 32.2. The summed E-state index contributed by atoms with van der Waals surface area (Å²) in [6, 6.07) is 11.7. The molecule has 2 aromatic carbocycles. The Labute approximate surface area is 147 Å². The van der Waals surface area contributed by atoms with Crippen molar-refractivity contribution in [2.45, 2.75) is 16.7 Å². The first kappa shape index (κ1) is 15.7. The molecule has 1 saturated heterocycles. The van der Waals surface area contributed by atoms with E-state index in [9.17, 15) is 4.39 Å². The van der Waals surface area contributed by atoms with Crippen molar-refractivity contribution in [3.8, 4) is 0 Å². The summed E-state index contributed by atoms with van der Waals surface area (Å²) in [5, 5.41) is 0. The first-order valence-electron chi connectivity index (χ1n) is 8.34. The van der Waals surface area contributed by atoms with Crippen molar-refractivity contribution in [2.75, 3.05) is 33.2 Å². The lowest BCUT2D eigenvalue weighted by Gasteiger charge is -2.36. The van der Waals surface area contributed by atoms with Gasteiger partial charge >= 0.3 is 0 Å². The third kappa shape index (κ3) is 2.96. The van der Waals surface area contributed by atoms with Crippen molar-refractivity contribution in [1.29, 1.82) is 0 Å². The molecule has 1 fully saturated rings. The van der Waals surface area contributed by atoms with Crippen molar-refractivity contribution >= 4 is 23.5 Å². The van der Waals surface area contributed by atoms with E-state index in [2.05, 4.69) is 48.0 Å². The average molecular weight is 340 g/mol. The predicted molar refractivity (Wildman–Crippen MR) is 98.6 cm³/mol. The Bertz CT molecular complexity index is 807. The van der Waals surface area contributed by atoms with E-state index >= 15 is 0 Å². The van der Waals surface area contributed by atoms with Crippen LogP contribution in [0.2, 0.25) is 0 Å². The zero-order valence-corrected chi connectivity index (χ0v) is 14.9. The number of likely N-dealkylation sites (N-methyl/N-ethyl adjacent to an activating group) is 1. The molecule has 0 aromatic heterocycles. The summed E-state index contributed by atoms with van der Waals surface area (Å²) >= 11 is 1.73. The second-order valence-electron chi connectivity index (χ2n) is 6.60. The Morgan fingerprint density at radius 3 is 2.50 bits per heavy atom. The van der Waals surface area contributed by atoms with Gasteiger partial charge in [-0.3, -0.25) is 0 Å². The lowest BCUT2D eigenvalue weighted by atomic mass is 10.0. The van der Waals surface area contributed by atoms with E-state index in [1.165, 1.54) is 16.0 Å². The van der Waals surface area contributed by atoms with Gasteiger partial charge in [0.1, 0.15) is 5.82 Å². The van der Waals surface area contributed by atoms with Crippen LogP contribution in [-0.4, -0.2) is 43.0 Å². The second kappa shape index (κ2) is 6.26. The first-order valence-corrected chi connectivity index (χ1v) is 9.15. The number of fused-ring (bicyclic) bond motifs is 2. The highest BCUT2D eigenvalue weighted by Gasteiger charge is 2.23. The molecule has 4 heteroatoms. The summed E-state index contributed by atoms with van der Waals surface area (Å²) in [6.07, 6.45) is 2.24. The number of nitrogens with zero attached hydrogens (tertiary/aromatic N) is 2. The number of benzene rings is 2. The van der Waals surface area contributed by atoms with Gasteiger partial charge in [-0.2, -0.15) is 0 Å². The molecular weight excluding hydrogens is 319 g/mol. The standard InChI is InChI=1S/C20H21FN2S/c1-14-3-5-19-15(11-14)12-18(23-9-7-22(2)8-10-23)17-13-16(21)4-6-20(17)24-19/h3-6,11-13H,7-10H2,1-2H3. The van der Waals surface area contributed by atoms with Gasteiger partial charge in [0.2, 0.25) is 0 Å². The minimum Gasteiger partial charge on any atom is -0.368 e. The Morgan fingerprint density at radius 2 is 1.71 bits per heavy atom. The van der Waals surface area contributed by atoms with Crippen LogP contribution in [0, 0.1) is 12.7 Å². The van der Waals surface area contributed by atoms with Crippen molar-refractivity contribution in [1.82, 2.24) is 9.80 Å². The fourth-order valence-corrected chi connectivity index (χ4v) is 4.34. The normalized spacial score (nSPS) is 17.8. The van der Waals surface area contributed by atoms with Crippen LogP contribution in [0.3, 0.4) is 0 Å². The van der Waals surface area contributed by atoms with Gasteiger partial charge in [-0.1, -0.05) is 29.5 Å². The number of rotatable bonds is 1. The summed E-state index contributed by atoms with van der Waals surface area (Å²) in [5.41, 5.74) is 4.64. The lowest BCUT2D eigenvalue weighted by Crippen LogP contribution is -2.43. The fraction of sp³-hybridized carbons (Fsp3) is 0.300. The van der Waals surface area contributed by atoms with E-state index in [-0.39, 0.29) is 5.82 Å². The molecule has 4 rings (SSSR count). The molecule has 2 aliphatic heterocycles. The number of piperazine rings is 1. The van der Waals surface area contributed by atoms with Crippen molar-refractivity contribution in [3.63, 3.8) is 0 Å². The number of hydrogen-bond acceptors (Lipinski definition) is 3. The van der Waals surface area contributed by atoms with E-state index in [0.29, 0.717) is 0 Å². The molecule has 0 saturated carbocycles. The molecule has 0 N–H and O–H groups in total. The largest absolute Gasteiger partial charge is 0.368 e. The van der Waals surface area contributed by atoms with Crippen LogP contribution in [0.5, 0.6) is 0 Å². The van der Waals surface area contributed by atoms with Crippen LogP contribution < -0.4 is 0 Å². The van der Waals surface area contributed by atoms with Gasteiger partial charge in [-0.25, -0.2) is 4.39 Å². The van der Waals surface area contributed by atoms with E-state index in [0.717, 1.165) is 42.3 Å². The predicted octanol–water partition coefficient (Wildman–Crippen LogP) is 4.34. The van der Waals surface area contributed by atoms with Gasteiger partial charge in [0.25, 0.3) is 0 Å². The molecule has 0 spiro atoms. The molecule has 124 valence electrons. The molecule has 0 amide bonds. The fourth-order valence-electron chi connectivity index (χ4n) is 3.32. The van der Waals surface area contributed by atoms with Crippen LogP contribution in [0.4, 0.5) is 4.39 Å². The third-order valence-electron chi connectivity index (χ3n) is 4.74. The highest BCUT2D eigenvalue weighted by Crippen LogP contribution is 2.42. The smallest absolute Gasteiger partial charge is 0.123 e. The van der Waals surface area contributed by atoms with E-state index in [1.54, 1.807) is 23.9 Å². The maximum atomic E-state index is 14.0. The zero-order valence-electron chi connectivity index (χ0n) is 14.1. The van der Waals surface area contributed by atoms with Gasteiger partial charge in [0, 0.05) is 47.2 Å². The Morgan fingerprint density at radius 1 is 0.958 bits per heavy atom. The monoisotopic (exact) mass is 340 g/mol. The molecule has 0 radical (unpaired) electrons. The molecule has 2 aliphatic rings. The van der Waals surface area contributed by atoms with Gasteiger partial charge in [0.05, 0.1) is 0 Å². The molecular formula is C20H21FN2S. The number of halogens is 1. The van der Waals surface area contributed by atoms with Gasteiger partial charge in [0.15, 0.2) is 0 Å². The zero-order chi connectivity index (χ0) is 16.7. The minimum atomic E-state index is -0.170. The van der Waals surface area contributed by atoms with Crippen molar-refractivity contribution in [2.24, 2.45) is 0 Å². The second-order valence-corrected chi connectivity index (χ2v) is 7.69. The molecule has 0 atom stereocenters. The molecule has 2 heterocycles. The van der Waals surface area contributed by atoms with E-state index in [4.69, 9.17) is 0 Å². The molecule has 24 heavy (non-hydrogen) atoms. The highest BCUT2D eigenvalue weighted by molar-refractivity contribution is 7.99. The van der Waals surface area contributed by atoms with Crippen molar-refractivity contribution < 1.29 is 4.39 Å². The van der Waals surface area contributed by atoms with Gasteiger partial charge in [-0.05, 0) is 49.9 Å². The summed E-state index contributed by atoms with van der Waals surface area (Å²) in [4.78, 5) is 7.10. The minimum absolute atomic E-state index is 0.170. The molecule has 0 unspecified atom stereocenters. The summed E-state index contributed by atoms with van der Waals surface area (Å²) in [7, 11) is 2.15. The number of hydrogen-bond donors (Lipinski definition) is 0. The van der Waals surface area contributed by atoms with Crippen molar-refractivity contribution in [3.05, 3.63) is 58.9 Å². The SMILES string of the molecule is Cc1ccc2c(c1)C=C(N1CCN(C)CC1)c1cc(F)ccc1S2. The molecule has 2 nitrogen and oxygen atoms in total. The average Bonchev–Trinajstić information content (AvgIpc) is 2.72. The Balaban J connectivity index is 1.85. The van der Waals surface area contributed by atoms with E-state index < -0.39 is 0 Å². The summed E-state index contributed by atoms with van der Waals surface area (Å²) < 4.78 is 14.0. The number of aryl methyl sites for hydroxylation is 1. The van der Waals surface area contributed by atoms with Crippen LogP contribution in [-0.2, 0) is 0 Å². The summed E-state index contributed by atoms with van der Waals surface area (Å²) in [6.45, 7) is 6.14. The van der Waals surface area contributed by atoms with Crippen LogP contribution >= 0.6 is 11.8 Å². The van der Waals surface area contributed by atoms with Gasteiger partial charge in [-0.15, -0.1) is 0 Å². The molecule has 0 aliphatic carbocycles. The van der Waals surface area contributed by atoms with E-state index in [1.807, 2.05) is 6.07 Å². The quantitative estimate of drug-likeness (QED) is 0.762. The molecule has 0 bridgehead atoms. The molecule has 2 aromatic rings. The maximum absolute atomic E-state index is 14.0. The maximum Gasteiger partial charge on any atom is 0.123 e. The van der Waals surface area contributed by atoms with Crippen LogP contribution in [0.25, 0.3) is 11.8 Å². The third-order valence-corrected chi connectivity index (χ3v) is 5.91. The van der Waals surface area contributed by atoms with Crippen LogP contribution in [0.15, 0.2) is 46.2 Å². The summed E-state index contributed by atoms with van der Waals surface area (Å²) in [5.74, 6) is -0.170. The first-order chi connectivity index (χ1) is 11.6. The topological polar surface area (TPSA) is 6.48 Å². The Hall–Kier alpha value is -1.78. The van der Waals surface area contributed by atoms with Crippen LogP contribution in [0.1, 0.15) is 16.7 Å². The van der Waals surface area contributed by atoms with Gasteiger partial charge < -0.3 is 9.80 Å². The lowest BCUT2D eigenvalue weighted by molar-refractivity contribution is 0.207.